The molecule has 4 heterocycles. The van der Waals surface area contributed by atoms with E-state index in [1.165, 1.54) is 30.4 Å². The Morgan fingerprint density at radius 3 is 1.52 bits per heavy atom. The summed E-state index contributed by atoms with van der Waals surface area (Å²) >= 11 is 12.3. The van der Waals surface area contributed by atoms with Gasteiger partial charge < -0.3 is 40.9 Å². The molecule has 6 atom stereocenters. The molecule has 83 heavy (non-hydrogen) atoms. The van der Waals surface area contributed by atoms with Crippen LogP contribution in [0, 0.1) is 5.92 Å². The lowest BCUT2D eigenvalue weighted by molar-refractivity contribution is -0.135. The molecular formula is C69H88Cl2N8O4. The summed E-state index contributed by atoms with van der Waals surface area (Å²) in [4.78, 5) is 63.5. The zero-order chi connectivity index (χ0) is 58.2. The fourth-order valence-corrected chi connectivity index (χ4v) is 13.2. The molecule has 12 nitrogen and oxygen atoms in total. The summed E-state index contributed by atoms with van der Waals surface area (Å²) < 4.78 is 0. The lowest BCUT2D eigenvalue weighted by Crippen LogP contribution is -2.55. The third-order valence-electron chi connectivity index (χ3n) is 18.0. The molecule has 0 aliphatic carbocycles. The summed E-state index contributed by atoms with van der Waals surface area (Å²) in [5, 5.41) is 19.1. The van der Waals surface area contributed by atoms with Gasteiger partial charge in [-0.05, 0) is 185 Å². The van der Waals surface area contributed by atoms with Crippen molar-refractivity contribution in [3.8, 4) is 0 Å². The average Bonchev–Trinajstić information content (AvgIpc) is 3.99. The van der Waals surface area contributed by atoms with Crippen LogP contribution in [0.1, 0.15) is 136 Å². The molecule has 0 aromatic heterocycles. The number of benzene rings is 6. The normalized spacial score (nSPS) is 21.2. The van der Waals surface area contributed by atoms with Crippen molar-refractivity contribution < 1.29 is 19.2 Å². The lowest BCUT2D eigenvalue weighted by Gasteiger charge is -2.39. The first-order valence-corrected chi connectivity index (χ1v) is 31.7. The smallest absolute Gasteiger partial charge is 0.251 e. The summed E-state index contributed by atoms with van der Waals surface area (Å²) in [6.07, 6.45) is 10.1. The molecule has 0 spiro atoms. The van der Waals surface area contributed by atoms with E-state index in [0.717, 1.165) is 112 Å². The maximum absolute atomic E-state index is 14.1. The molecule has 0 saturated carbocycles. The van der Waals surface area contributed by atoms with Crippen LogP contribution >= 0.6 is 23.2 Å². The van der Waals surface area contributed by atoms with Crippen LogP contribution in [0.4, 0.5) is 0 Å². The lowest BCUT2D eigenvalue weighted by atomic mass is 9.87. The van der Waals surface area contributed by atoms with Gasteiger partial charge in [-0.3, -0.25) is 19.2 Å². The highest BCUT2D eigenvalue weighted by atomic mass is 35.5. The quantitative estimate of drug-likeness (QED) is 0.0631. The fourth-order valence-electron chi connectivity index (χ4n) is 12.9. The number of rotatable bonds is 19. The Balaban J connectivity index is 0.000000200. The molecule has 6 aromatic carbocycles. The molecule has 4 aliphatic heterocycles. The van der Waals surface area contributed by atoms with Crippen LogP contribution < -0.4 is 21.3 Å². The number of fused-ring (bicyclic) bond motifs is 2. The topological polar surface area (TPSA) is 129 Å². The number of hydrogen-bond donors (Lipinski definition) is 4. The van der Waals surface area contributed by atoms with Crippen molar-refractivity contribution >= 4 is 68.4 Å². The standard InChI is InChI=1S/C35H45ClN4O2.C34H43ClN4O2/c1-4-25(26-8-6-5-7-9-26)23-40-19-16-32(38-33(35(40)42)27-14-17-39(18-15-27)24(2)3)22-37-34(41)30-11-10-29-21-31(36)13-12-28(29)20-30;1-2-25(26-9-5-3-6-10-26)24-39-20-15-31(37-32(34(39)41)16-19-38-17-7-4-8-18-38)23-36-33(40)29-12-11-28-22-30(35)14-13-27(28)21-29/h5-13,20-21,24-25,27,32-33,38H,4,14-19,22-23H2,1-3H3,(H,37,41);3,5-6,9-14,21-22,25,31-32,37H,2,4,7-8,15-20,23-24H2,1H3,(H,36,40)/t;25?,31-,32-/m.0/s1. The monoisotopic (exact) mass is 1160 g/mol. The van der Waals surface area contributed by atoms with Gasteiger partial charge in [0.1, 0.15) is 0 Å². The van der Waals surface area contributed by atoms with Crippen molar-refractivity contribution in [3.05, 3.63) is 166 Å². The van der Waals surface area contributed by atoms with Crippen molar-refractivity contribution in [2.24, 2.45) is 5.92 Å². The molecule has 4 saturated heterocycles. The van der Waals surface area contributed by atoms with E-state index in [1.807, 2.05) is 84.9 Å². The van der Waals surface area contributed by atoms with Crippen LogP contribution in [0.3, 0.4) is 0 Å². The third kappa shape index (κ3) is 16.9. The Labute approximate surface area is 503 Å². The van der Waals surface area contributed by atoms with Gasteiger partial charge in [0, 0.05) is 96.9 Å². The minimum absolute atomic E-state index is 0.0205. The van der Waals surface area contributed by atoms with Gasteiger partial charge in [-0.25, -0.2) is 0 Å². The highest BCUT2D eigenvalue weighted by Gasteiger charge is 2.39. The van der Waals surface area contributed by atoms with Crippen molar-refractivity contribution in [2.75, 3.05) is 72.0 Å². The van der Waals surface area contributed by atoms with Crippen molar-refractivity contribution in [3.63, 3.8) is 0 Å². The SMILES string of the molecule is CCC(CN1CCC(CNC(=O)c2ccc3cc(Cl)ccc3c2)NC(C2CCN(C(C)C)CC2)C1=O)c1ccccc1.CCC(CN1CC[C@@H](CNC(=O)c2ccc3cc(Cl)ccc3c2)N[C@@H](CCN2CCCCC2)C1=O)c1ccccc1. The number of halogens is 2. The maximum atomic E-state index is 14.1. The summed E-state index contributed by atoms with van der Waals surface area (Å²) in [6.45, 7) is 17.9. The second kappa shape index (κ2) is 30.3. The second-order valence-electron chi connectivity index (χ2n) is 23.9. The first-order chi connectivity index (χ1) is 40.3. The fraction of sp³-hybridized carbons (Fsp3) is 0.478. The van der Waals surface area contributed by atoms with E-state index < -0.39 is 0 Å². The van der Waals surface area contributed by atoms with Gasteiger partial charge in [0.2, 0.25) is 11.8 Å². The Morgan fingerprint density at radius 2 is 1.02 bits per heavy atom. The van der Waals surface area contributed by atoms with Crippen LogP contribution in [-0.2, 0) is 9.59 Å². The Hall–Kier alpha value is -5.86. The highest BCUT2D eigenvalue weighted by molar-refractivity contribution is 6.31. The zero-order valence-electron chi connectivity index (χ0n) is 49.3. The van der Waals surface area contributed by atoms with Gasteiger partial charge in [0.15, 0.2) is 0 Å². The molecule has 4 fully saturated rings. The van der Waals surface area contributed by atoms with Crippen LogP contribution in [0.25, 0.3) is 21.5 Å². The van der Waals surface area contributed by atoms with E-state index in [0.29, 0.717) is 65.2 Å². The van der Waals surface area contributed by atoms with Gasteiger partial charge in [0.25, 0.3) is 11.8 Å². The van der Waals surface area contributed by atoms with Crippen LogP contribution in [0.5, 0.6) is 0 Å². The summed E-state index contributed by atoms with van der Waals surface area (Å²) in [6, 6.07) is 43.9. The first kappa shape index (κ1) is 61.7. The average molecular weight is 1160 g/mol. The summed E-state index contributed by atoms with van der Waals surface area (Å²) in [7, 11) is 0. The van der Waals surface area contributed by atoms with Crippen LogP contribution in [-0.4, -0.2) is 145 Å². The number of hydrogen-bond acceptors (Lipinski definition) is 8. The number of carbonyl (C=O) groups excluding carboxylic acids is 4. The summed E-state index contributed by atoms with van der Waals surface area (Å²) in [5.41, 5.74) is 3.82. The second-order valence-corrected chi connectivity index (χ2v) is 24.8. The Kier molecular flexibility index (Phi) is 22.5. The van der Waals surface area contributed by atoms with Crippen molar-refractivity contribution in [1.29, 1.82) is 0 Å². The van der Waals surface area contributed by atoms with Crippen molar-refractivity contribution in [2.45, 2.75) is 134 Å². The molecule has 4 aliphatic rings. The van der Waals surface area contributed by atoms with Crippen LogP contribution in [0.15, 0.2) is 133 Å². The van der Waals surface area contributed by atoms with Gasteiger partial charge in [-0.2, -0.15) is 0 Å². The van der Waals surface area contributed by atoms with E-state index in [1.54, 1.807) is 0 Å². The molecule has 4 amide bonds. The van der Waals surface area contributed by atoms with Gasteiger partial charge in [0.05, 0.1) is 12.1 Å². The predicted octanol–water partition coefficient (Wildman–Crippen LogP) is 11.9. The van der Waals surface area contributed by atoms with E-state index >= 15 is 0 Å². The number of nitrogens with one attached hydrogen (secondary N) is 4. The van der Waals surface area contributed by atoms with Gasteiger partial charge >= 0.3 is 0 Å². The minimum atomic E-state index is -0.250. The highest BCUT2D eigenvalue weighted by Crippen LogP contribution is 2.30. The molecule has 10 rings (SSSR count). The van der Waals surface area contributed by atoms with Crippen molar-refractivity contribution in [1.82, 2.24) is 40.9 Å². The van der Waals surface area contributed by atoms with Gasteiger partial charge in [-0.15, -0.1) is 0 Å². The Morgan fingerprint density at radius 1 is 0.554 bits per heavy atom. The maximum Gasteiger partial charge on any atom is 0.251 e. The van der Waals surface area contributed by atoms with E-state index in [2.05, 4.69) is 117 Å². The van der Waals surface area contributed by atoms with E-state index in [9.17, 15) is 19.2 Å². The number of piperidine rings is 2. The molecule has 442 valence electrons. The molecular weight excluding hydrogens is 1080 g/mol. The number of likely N-dealkylation sites (tertiary alicyclic amines) is 2. The largest absolute Gasteiger partial charge is 0.350 e. The number of nitrogens with zero attached hydrogens (tertiary/aromatic N) is 4. The zero-order valence-corrected chi connectivity index (χ0v) is 50.9. The molecule has 4 N–H and O–H groups in total. The number of amides is 4. The van der Waals surface area contributed by atoms with E-state index in [4.69, 9.17) is 23.2 Å². The first-order valence-electron chi connectivity index (χ1n) is 30.9. The Bertz CT molecular complexity index is 3080. The van der Waals surface area contributed by atoms with Gasteiger partial charge in [-0.1, -0.05) is 128 Å². The molecule has 0 bridgehead atoms. The minimum Gasteiger partial charge on any atom is -0.350 e. The molecule has 14 heteroatoms. The molecule has 0 radical (unpaired) electrons. The molecule has 6 aromatic rings. The summed E-state index contributed by atoms with van der Waals surface area (Å²) in [5.74, 6) is 1.11. The third-order valence-corrected chi connectivity index (χ3v) is 18.5. The predicted molar refractivity (Wildman–Crippen MR) is 340 cm³/mol. The van der Waals surface area contributed by atoms with E-state index in [-0.39, 0.29) is 53.7 Å². The van der Waals surface area contributed by atoms with Crippen LogP contribution in [0.2, 0.25) is 10.0 Å². The number of carbonyl (C=O) groups is 4. The molecule has 4 unspecified atom stereocenters.